The maximum Gasteiger partial charge on any atom is 0.0987 e. The predicted molar refractivity (Wildman–Crippen MR) is 83.0 cm³/mol. The van der Waals surface area contributed by atoms with Crippen LogP contribution in [0.15, 0.2) is 28.7 Å². The van der Waals surface area contributed by atoms with Crippen LogP contribution >= 0.6 is 15.9 Å². The maximum atomic E-state index is 6.34. The van der Waals surface area contributed by atoms with E-state index in [0.717, 1.165) is 28.8 Å². The zero-order chi connectivity index (χ0) is 13.8. The van der Waals surface area contributed by atoms with Crippen LogP contribution in [0.4, 0.5) is 0 Å². The third-order valence-electron chi connectivity index (χ3n) is 3.92. The van der Waals surface area contributed by atoms with E-state index < -0.39 is 0 Å². The third-order valence-corrected chi connectivity index (χ3v) is 4.64. The number of benzene rings is 1. The Hall–Kier alpha value is -0.380. The van der Waals surface area contributed by atoms with Crippen molar-refractivity contribution in [3.8, 4) is 0 Å². The Balaban J connectivity index is 2.10. The molecule has 4 unspecified atom stereocenters. The van der Waals surface area contributed by atoms with Crippen LogP contribution in [0.25, 0.3) is 0 Å². The van der Waals surface area contributed by atoms with Crippen LogP contribution in [0.2, 0.25) is 0 Å². The molecule has 1 saturated carbocycles. The molecule has 106 valence electrons. The van der Waals surface area contributed by atoms with Gasteiger partial charge < -0.3 is 10.5 Å². The van der Waals surface area contributed by atoms with Gasteiger partial charge in [-0.1, -0.05) is 53.9 Å². The van der Waals surface area contributed by atoms with Gasteiger partial charge in [0.05, 0.1) is 12.2 Å². The van der Waals surface area contributed by atoms with Crippen LogP contribution in [0, 0.1) is 5.92 Å². The Morgan fingerprint density at radius 2 is 2.05 bits per heavy atom. The van der Waals surface area contributed by atoms with Crippen LogP contribution in [0.5, 0.6) is 0 Å². The Labute approximate surface area is 124 Å². The monoisotopic (exact) mass is 325 g/mol. The van der Waals surface area contributed by atoms with Crippen molar-refractivity contribution in [1.29, 1.82) is 0 Å². The fourth-order valence-electron chi connectivity index (χ4n) is 2.90. The van der Waals surface area contributed by atoms with Gasteiger partial charge in [0.1, 0.15) is 0 Å². The molecule has 0 spiro atoms. The minimum absolute atomic E-state index is 0.00377. The van der Waals surface area contributed by atoms with Crippen LogP contribution in [-0.4, -0.2) is 12.1 Å². The van der Waals surface area contributed by atoms with Gasteiger partial charge in [-0.2, -0.15) is 0 Å². The topological polar surface area (TPSA) is 35.2 Å². The second kappa shape index (κ2) is 6.87. The fraction of sp³-hybridized carbons (Fsp3) is 0.625. The van der Waals surface area contributed by atoms with E-state index in [9.17, 15) is 0 Å². The lowest BCUT2D eigenvalue weighted by Crippen LogP contribution is -2.32. The zero-order valence-electron chi connectivity index (χ0n) is 11.8. The second-order valence-corrected chi connectivity index (χ2v) is 6.69. The Bertz CT molecular complexity index is 407. The van der Waals surface area contributed by atoms with Crippen LogP contribution in [0.3, 0.4) is 0 Å². The molecule has 0 saturated heterocycles. The SMILES string of the molecule is CC1CCCC(OC(c2ccccc2Br)C(C)N)C1. The van der Waals surface area contributed by atoms with E-state index in [-0.39, 0.29) is 12.1 Å². The number of hydrogen-bond acceptors (Lipinski definition) is 2. The zero-order valence-corrected chi connectivity index (χ0v) is 13.4. The van der Waals surface area contributed by atoms with E-state index in [1.54, 1.807) is 0 Å². The molecule has 3 heteroatoms. The Morgan fingerprint density at radius 3 is 2.68 bits per heavy atom. The lowest BCUT2D eigenvalue weighted by atomic mass is 9.88. The van der Waals surface area contributed by atoms with Crippen molar-refractivity contribution in [2.45, 2.75) is 57.8 Å². The van der Waals surface area contributed by atoms with Crippen molar-refractivity contribution in [2.24, 2.45) is 11.7 Å². The molecule has 0 aromatic heterocycles. The van der Waals surface area contributed by atoms with Crippen molar-refractivity contribution in [1.82, 2.24) is 0 Å². The van der Waals surface area contributed by atoms with Gasteiger partial charge in [0.15, 0.2) is 0 Å². The summed E-state index contributed by atoms with van der Waals surface area (Å²) >= 11 is 3.61. The van der Waals surface area contributed by atoms with Crippen molar-refractivity contribution < 1.29 is 4.74 Å². The minimum Gasteiger partial charge on any atom is -0.369 e. The second-order valence-electron chi connectivity index (χ2n) is 5.83. The average Bonchev–Trinajstić information content (AvgIpc) is 2.37. The lowest BCUT2D eigenvalue weighted by Gasteiger charge is -2.32. The summed E-state index contributed by atoms with van der Waals surface area (Å²) in [6.07, 6.45) is 5.26. The smallest absolute Gasteiger partial charge is 0.0987 e. The summed E-state index contributed by atoms with van der Waals surface area (Å²) in [5.74, 6) is 0.770. The summed E-state index contributed by atoms with van der Waals surface area (Å²) in [5, 5.41) is 0. The van der Waals surface area contributed by atoms with E-state index in [2.05, 4.69) is 35.0 Å². The Kier molecular flexibility index (Phi) is 5.43. The van der Waals surface area contributed by atoms with E-state index in [1.165, 1.54) is 12.8 Å². The molecular formula is C16H24BrNO. The number of halogens is 1. The van der Waals surface area contributed by atoms with Gasteiger partial charge in [0.25, 0.3) is 0 Å². The quantitative estimate of drug-likeness (QED) is 0.888. The molecule has 1 aromatic carbocycles. The molecule has 1 aliphatic rings. The molecule has 19 heavy (non-hydrogen) atoms. The van der Waals surface area contributed by atoms with Crippen LogP contribution in [-0.2, 0) is 4.74 Å². The molecule has 0 radical (unpaired) electrons. The first kappa shape index (κ1) is 15.0. The first-order valence-electron chi connectivity index (χ1n) is 7.23. The molecule has 4 atom stereocenters. The fourth-order valence-corrected chi connectivity index (χ4v) is 3.41. The van der Waals surface area contributed by atoms with Crippen molar-refractivity contribution >= 4 is 15.9 Å². The molecule has 1 aromatic rings. The predicted octanol–water partition coefficient (Wildman–Crippen LogP) is 4.43. The normalized spacial score (nSPS) is 26.9. The highest BCUT2D eigenvalue weighted by Crippen LogP contribution is 2.33. The molecule has 0 heterocycles. The number of hydrogen-bond donors (Lipinski definition) is 1. The summed E-state index contributed by atoms with van der Waals surface area (Å²) in [5.41, 5.74) is 7.31. The lowest BCUT2D eigenvalue weighted by molar-refractivity contribution is -0.0493. The van der Waals surface area contributed by atoms with E-state index in [1.807, 2.05) is 19.1 Å². The number of ether oxygens (including phenoxy) is 1. The van der Waals surface area contributed by atoms with E-state index in [4.69, 9.17) is 10.5 Å². The van der Waals surface area contributed by atoms with E-state index >= 15 is 0 Å². The first-order chi connectivity index (χ1) is 9.08. The minimum atomic E-state index is -0.0223. The summed E-state index contributed by atoms with van der Waals surface area (Å²) in [6.45, 7) is 4.34. The van der Waals surface area contributed by atoms with Gasteiger partial charge in [0.2, 0.25) is 0 Å². The molecule has 2 nitrogen and oxygen atoms in total. The largest absolute Gasteiger partial charge is 0.369 e. The van der Waals surface area contributed by atoms with Gasteiger partial charge in [-0.3, -0.25) is 0 Å². The van der Waals surface area contributed by atoms with Gasteiger partial charge >= 0.3 is 0 Å². The third kappa shape index (κ3) is 4.04. The highest BCUT2D eigenvalue weighted by Gasteiger charge is 2.26. The summed E-state index contributed by atoms with van der Waals surface area (Å²) in [6, 6.07) is 8.22. The van der Waals surface area contributed by atoms with Gasteiger partial charge in [-0.15, -0.1) is 0 Å². The summed E-state index contributed by atoms with van der Waals surface area (Å²) in [7, 11) is 0. The molecule has 0 aliphatic heterocycles. The summed E-state index contributed by atoms with van der Waals surface area (Å²) in [4.78, 5) is 0. The molecular weight excluding hydrogens is 302 g/mol. The number of rotatable bonds is 4. The highest BCUT2D eigenvalue weighted by molar-refractivity contribution is 9.10. The van der Waals surface area contributed by atoms with Crippen LogP contribution < -0.4 is 5.73 Å². The van der Waals surface area contributed by atoms with E-state index in [0.29, 0.717) is 6.10 Å². The first-order valence-corrected chi connectivity index (χ1v) is 8.02. The summed E-state index contributed by atoms with van der Waals surface area (Å²) < 4.78 is 7.42. The van der Waals surface area contributed by atoms with Gasteiger partial charge in [-0.05, 0) is 37.3 Å². The molecule has 0 bridgehead atoms. The maximum absolute atomic E-state index is 6.34. The highest BCUT2D eigenvalue weighted by atomic mass is 79.9. The molecule has 1 aliphatic carbocycles. The van der Waals surface area contributed by atoms with Crippen LogP contribution in [0.1, 0.15) is 51.2 Å². The molecule has 2 rings (SSSR count). The van der Waals surface area contributed by atoms with Crippen molar-refractivity contribution in [3.63, 3.8) is 0 Å². The standard InChI is InChI=1S/C16H24BrNO/c1-11-6-5-7-13(10-11)19-16(12(2)18)14-8-3-4-9-15(14)17/h3-4,8-9,11-13,16H,5-7,10,18H2,1-2H3. The molecule has 2 N–H and O–H groups in total. The average molecular weight is 326 g/mol. The molecule has 1 fully saturated rings. The van der Waals surface area contributed by atoms with Gasteiger partial charge in [0, 0.05) is 10.5 Å². The van der Waals surface area contributed by atoms with Crippen molar-refractivity contribution in [2.75, 3.05) is 0 Å². The van der Waals surface area contributed by atoms with Gasteiger partial charge in [-0.25, -0.2) is 0 Å². The van der Waals surface area contributed by atoms with Crippen molar-refractivity contribution in [3.05, 3.63) is 34.3 Å². The molecule has 0 amide bonds. The Morgan fingerprint density at radius 1 is 1.32 bits per heavy atom. The number of nitrogens with two attached hydrogens (primary N) is 1.